The molecule has 3 aromatic rings. The summed E-state index contributed by atoms with van der Waals surface area (Å²) in [6, 6.07) is 11.3. The van der Waals surface area contributed by atoms with E-state index in [9.17, 15) is 4.79 Å². The molecule has 3 heterocycles. The first-order chi connectivity index (χ1) is 13.5. The van der Waals surface area contributed by atoms with E-state index in [1.807, 2.05) is 42.7 Å². The van der Waals surface area contributed by atoms with E-state index in [1.54, 1.807) is 0 Å². The lowest BCUT2D eigenvalue weighted by molar-refractivity contribution is -0.128. The van der Waals surface area contributed by atoms with Crippen LogP contribution in [0, 0.1) is 0 Å². The van der Waals surface area contributed by atoms with Crippen molar-refractivity contribution in [3.63, 3.8) is 0 Å². The Kier molecular flexibility index (Phi) is 4.11. The van der Waals surface area contributed by atoms with Gasteiger partial charge in [-0.05, 0) is 40.4 Å². The van der Waals surface area contributed by atoms with Crippen LogP contribution in [-0.2, 0) is 10.5 Å². The second kappa shape index (κ2) is 6.43. The standard InChI is InChI=1S/C18H11Br2N5O2S/c1-28-17-22-15-13(24-25-17)9-4-2-3-5-12(9)23-18(27-15)10-6-8(19)7-11(20)14(10)21-16(18)26/h2-7,23H,1H3,(H,21,26)/t18-/m0/s1. The molecule has 7 nitrogen and oxygen atoms in total. The zero-order chi connectivity index (χ0) is 19.5. The van der Waals surface area contributed by atoms with Gasteiger partial charge < -0.3 is 15.4 Å². The van der Waals surface area contributed by atoms with Gasteiger partial charge in [-0.25, -0.2) is 0 Å². The molecule has 1 atom stereocenters. The molecule has 0 unspecified atom stereocenters. The van der Waals surface area contributed by atoms with Crippen molar-refractivity contribution in [2.24, 2.45) is 0 Å². The molecule has 0 radical (unpaired) electrons. The fraction of sp³-hybridized carbons (Fsp3) is 0.111. The number of ether oxygens (including phenoxy) is 1. The lowest BCUT2D eigenvalue weighted by atomic mass is 10.0. The topological polar surface area (TPSA) is 89.0 Å². The Balaban J connectivity index is 1.81. The van der Waals surface area contributed by atoms with Gasteiger partial charge in [-0.1, -0.05) is 45.9 Å². The number of rotatable bonds is 1. The van der Waals surface area contributed by atoms with Crippen molar-refractivity contribution in [3.05, 3.63) is 50.9 Å². The third kappa shape index (κ3) is 2.55. The number of aromatic nitrogens is 3. The number of hydrogen-bond donors (Lipinski definition) is 2. The van der Waals surface area contributed by atoms with Crippen LogP contribution in [0.3, 0.4) is 0 Å². The van der Waals surface area contributed by atoms with E-state index in [2.05, 4.69) is 57.7 Å². The molecule has 1 amide bonds. The first-order valence-electron chi connectivity index (χ1n) is 8.18. The molecule has 10 heteroatoms. The summed E-state index contributed by atoms with van der Waals surface area (Å²) in [5.41, 5.74) is 1.74. The van der Waals surface area contributed by atoms with Crippen molar-refractivity contribution in [1.29, 1.82) is 0 Å². The summed E-state index contributed by atoms with van der Waals surface area (Å²) in [5, 5.41) is 15.1. The monoisotopic (exact) mass is 519 g/mol. The SMILES string of the molecule is CSc1nnc2c(n1)O[C@]1(Nc3ccccc3-2)C(=O)Nc2c(Br)cc(Br)cc21. The summed E-state index contributed by atoms with van der Waals surface area (Å²) in [5.74, 6) is -0.0934. The number of para-hydroxylation sites is 1. The van der Waals surface area contributed by atoms with Crippen LogP contribution in [0.1, 0.15) is 5.56 Å². The average molecular weight is 521 g/mol. The molecule has 28 heavy (non-hydrogen) atoms. The second-order valence-electron chi connectivity index (χ2n) is 6.17. The average Bonchev–Trinajstić information content (AvgIpc) is 2.86. The molecular weight excluding hydrogens is 510 g/mol. The maximum Gasteiger partial charge on any atom is 0.295 e. The number of amides is 1. The largest absolute Gasteiger partial charge is 0.435 e. The number of fused-ring (bicyclic) bond motifs is 5. The van der Waals surface area contributed by atoms with E-state index < -0.39 is 5.72 Å². The first-order valence-corrected chi connectivity index (χ1v) is 11.0. The second-order valence-corrected chi connectivity index (χ2v) is 8.71. The van der Waals surface area contributed by atoms with E-state index in [0.717, 1.165) is 14.5 Å². The van der Waals surface area contributed by atoms with E-state index >= 15 is 0 Å². The maximum absolute atomic E-state index is 13.2. The Labute approximate surface area is 180 Å². The van der Waals surface area contributed by atoms with E-state index in [1.165, 1.54) is 11.8 Å². The minimum absolute atomic E-state index is 0.246. The molecule has 2 aliphatic rings. The number of hydrogen-bond acceptors (Lipinski definition) is 7. The van der Waals surface area contributed by atoms with Gasteiger partial charge >= 0.3 is 0 Å². The van der Waals surface area contributed by atoms with Crippen LogP contribution >= 0.6 is 43.6 Å². The Morgan fingerprint density at radius 1 is 1.18 bits per heavy atom. The van der Waals surface area contributed by atoms with Crippen LogP contribution in [0.25, 0.3) is 11.3 Å². The summed E-state index contributed by atoms with van der Waals surface area (Å²) in [6.07, 6.45) is 1.86. The van der Waals surface area contributed by atoms with E-state index in [4.69, 9.17) is 4.74 Å². The molecule has 5 rings (SSSR count). The predicted octanol–water partition coefficient (Wildman–Crippen LogP) is 4.39. The molecule has 2 aromatic carbocycles. The van der Waals surface area contributed by atoms with Crippen molar-refractivity contribution in [1.82, 2.24) is 15.2 Å². The lowest BCUT2D eigenvalue weighted by Crippen LogP contribution is -2.47. The molecule has 0 bridgehead atoms. The third-order valence-corrected chi connectivity index (χ3v) is 6.17. The quantitative estimate of drug-likeness (QED) is 0.460. The van der Waals surface area contributed by atoms with Crippen LogP contribution in [0.2, 0.25) is 0 Å². The third-order valence-electron chi connectivity index (χ3n) is 4.55. The van der Waals surface area contributed by atoms with Crippen LogP contribution in [-0.4, -0.2) is 27.3 Å². The predicted molar refractivity (Wildman–Crippen MR) is 113 cm³/mol. The van der Waals surface area contributed by atoms with E-state index in [0.29, 0.717) is 27.8 Å². The van der Waals surface area contributed by atoms with Crippen LogP contribution in [0.5, 0.6) is 5.88 Å². The summed E-state index contributed by atoms with van der Waals surface area (Å²) in [6.45, 7) is 0. The molecule has 0 aliphatic carbocycles. The van der Waals surface area contributed by atoms with Gasteiger partial charge in [0.05, 0.1) is 11.3 Å². The van der Waals surface area contributed by atoms with Crippen molar-refractivity contribution in [2.75, 3.05) is 16.9 Å². The molecule has 1 aromatic heterocycles. The molecular formula is C18H11Br2N5O2S. The highest BCUT2D eigenvalue weighted by Crippen LogP contribution is 2.49. The highest BCUT2D eigenvalue weighted by molar-refractivity contribution is 9.11. The fourth-order valence-electron chi connectivity index (χ4n) is 3.31. The molecule has 0 saturated carbocycles. The van der Waals surface area contributed by atoms with Gasteiger partial charge in [0.1, 0.15) is 0 Å². The summed E-state index contributed by atoms with van der Waals surface area (Å²) < 4.78 is 7.84. The van der Waals surface area contributed by atoms with Crippen LogP contribution in [0.15, 0.2) is 50.5 Å². The summed E-state index contributed by atoms with van der Waals surface area (Å²) in [7, 11) is 0. The normalized spacial score (nSPS) is 19.0. The molecule has 1 spiro atoms. The maximum atomic E-state index is 13.2. The summed E-state index contributed by atoms with van der Waals surface area (Å²) >= 11 is 8.36. The summed E-state index contributed by atoms with van der Waals surface area (Å²) in [4.78, 5) is 17.7. The van der Waals surface area contributed by atoms with Crippen molar-refractivity contribution in [2.45, 2.75) is 10.9 Å². The van der Waals surface area contributed by atoms with Gasteiger partial charge in [0.15, 0.2) is 5.69 Å². The zero-order valence-electron chi connectivity index (χ0n) is 14.3. The van der Waals surface area contributed by atoms with Crippen LogP contribution in [0.4, 0.5) is 11.4 Å². The Bertz CT molecular complexity index is 1160. The van der Waals surface area contributed by atoms with Crippen molar-refractivity contribution < 1.29 is 9.53 Å². The Hall–Kier alpha value is -2.17. The molecule has 140 valence electrons. The molecule has 0 saturated heterocycles. The van der Waals surface area contributed by atoms with Crippen molar-refractivity contribution >= 4 is 60.9 Å². The van der Waals surface area contributed by atoms with Gasteiger partial charge in [-0.3, -0.25) is 4.79 Å². The number of halogens is 2. The minimum atomic E-state index is -1.49. The number of thioether (sulfide) groups is 1. The van der Waals surface area contributed by atoms with Gasteiger partial charge in [0.25, 0.3) is 11.6 Å². The van der Waals surface area contributed by atoms with E-state index in [-0.39, 0.29) is 11.8 Å². The first kappa shape index (κ1) is 17.9. The Morgan fingerprint density at radius 2 is 2.00 bits per heavy atom. The molecule has 2 N–H and O–H groups in total. The van der Waals surface area contributed by atoms with Gasteiger partial charge in [0.2, 0.25) is 11.0 Å². The number of carbonyl (C=O) groups is 1. The fourth-order valence-corrected chi connectivity index (χ4v) is 4.93. The highest BCUT2D eigenvalue weighted by atomic mass is 79.9. The van der Waals surface area contributed by atoms with Gasteiger partial charge in [-0.15, -0.1) is 10.2 Å². The van der Waals surface area contributed by atoms with Gasteiger partial charge in [0, 0.05) is 20.2 Å². The number of anilines is 2. The zero-order valence-corrected chi connectivity index (χ0v) is 18.3. The van der Waals surface area contributed by atoms with Crippen LogP contribution < -0.4 is 15.4 Å². The number of carbonyl (C=O) groups excluding carboxylic acids is 1. The number of benzene rings is 2. The number of nitrogens with zero attached hydrogens (tertiary/aromatic N) is 3. The van der Waals surface area contributed by atoms with Gasteiger partial charge in [-0.2, -0.15) is 4.98 Å². The highest BCUT2D eigenvalue weighted by Gasteiger charge is 2.53. The lowest BCUT2D eigenvalue weighted by Gasteiger charge is -2.28. The smallest absolute Gasteiger partial charge is 0.295 e. The van der Waals surface area contributed by atoms with Crippen molar-refractivity contribution in [3.8, 4) is 17.1 Å². The molecule has 2 aliphatic heterocycles. The Morgan fingerprint density at radius 3 is 2.82 bits per heavy atom. The molecule has 0 fully saturated rings. The minimum Gasteiger partial charge on any atom is -0.435 e. The number of nitrogens with one attached hydrogen (secondary N) is 2.